The Bertz CT molecular complexity index is 690. The summed E-state index contributed by atoms with van der Waals surface area (Å²) in [5, 5.41) is 18.9. The Morgan fingerprint density at radius 2 is 2.24 bits per heavy atom. The maximum atomic E-state index is 14.7. The fourth-order valence-electron chi connectivity index (χ4n) is 2.60. The van der Waals surface area contributed by atoms with Gasteiger partial charge < -0.3 is 20.7 Å². The smallest absolute Gasteiger partial charge is 0.181 e. The minimum absolute atomic E-state index is 0.0427. The van der Waals surface area contributed by atoms with Gasteiger partial charge in [-0.3, -0.25) is 4.57 Å². The fourth-order valence-corrected chi connectivity index (χ4v) is 2.60. The first-order chi connectivity index (χ1) is 9.87. The first kappa shape index (κ1) is 14.1. The van der Waals surface area contributed by atoms with Gasteiger partial charge in [-0.05, 0) is 6.92 Å². The van der Waals surface area contributed by atoms with Crippen molar-refractivity contribution in [3.05, 3.63) is 18.3 Å². The zero-order valence-corrected chi connectivity index (χ0v) is 11.1. The highest BCUT2D eigenvalue weighted by molar-refractivity contribution is 5.86. The molecule has 0 aromatic carbocycles. The average molecular weight is 300 g/mol. The van der Waals surface area contributed by atoms with Crippen molar-refractivity contribution in [2.75, 3.05) is 12.3 Å². The molecular formula is C12H14F2N4O3. The van der Waals surface area contributed by atoms with E-state index in [0.717, 1.165) is 24.0 Å². The predicted octanol–water partition coefficient (Wildman–Crippen LogP) is 0.131. The second-order valence-electron chi connectivity index (χ2n) is 5.15. The molecule has 7 nitrogen and oxygen atoms in total. The maximum Gasteiger partial charge on any atom is 0.181 e. The molecule has 1 aliphatic heterocycles. The molecule has 1 aliphatic rings. The summed E-state index contributed by atoms with van der Waals surface area (Å²) in [6.07, 6.45) is -1.88. The zero-order chi connectivity index (χ0) is 15.4. The van der Waals surface area contributed by atoms with E-state index in [-0.39, 0.29) is 16.9 Å². The molecule has 1 fully saturated rings. The van der Waals surface area contributed by atoms with Crippen LogP contribution in [-0.2, 0) is 4.74 Å². The van der Waals surface area contributed by atoms with Gasteiger partial charge in [0.15, 0.2) is 23.4 Å². The van der Waals surface area contributed by atoms with Crippen LogP contribution in [0.25, 0.3) is 11.0 Å². The van der Waals surface area contributed by atoms with Crippen LogP contribution >= 0.6 is 0 Å². The van der Waals surface area contributed by atoms with Gasteiger partial charge in [0.25, 0.3) is 0 Å². The Balaban J connectivity index is 2.15. The van der Waals surface area contributed by atoms with E-state index in [1.165, 1.54) is 0 Å². The van der Waals surface area contributed by atoms with Crippen LogP contribution in [0.15, 0.2) is 12.5 Å². The third-order valence-corrected chi connectivity index (χ3v) is 3.74. The monoisotopic (exact) mass is 300 g/mol. The van der Waals surface area contributed by atoms with E-state index in [1.54, 1.807) is 0 Å². The number of fused-ring (bicyclic) bond motifs is 1. The Hall–Kier alpha value is -1.84. The minimum Gasteiger partial charge on any atom is -0.394 e. The summed E-state index contributed by atoms with van der Waals surface area (Å²) in [5.41, 5.74) is 3.41. The molecule has 2 aromatic heterocycles. The van der Waals surface area contributed by atoms with Crippen molar-refractivity contribution < 1.29 is 23.7 Å². The Morgan fingerprint density at radius 1 is 1.52 bits per heavy atom. The lowest BCUT2D eigenvalue weighted by atomic mass is 9.98. The molecule has 4 N–H and O–H groups in total. The van der Waals surface area contributed by atoms with Crippen LogP contribution < -0.4 is 5.73 Å². The molecule has 0 radical (unpaired) electrons. The summed E-state index contributed by atoms with van der Waals surface area (Å²) in [4.78, 5) is 7.57. The van der Waals surface area contributed by atoms with E-state index in [2.05, 4.69) is 9.97 Å². The number of nitrogens with two attached hydrogens (primary N) is 1. The SMILES string of the molecule is C[C@@]1(F)[C@H](O)[C@@H](CO)O[C@H]1n1cc(F)c2c(N)ncnc21. The molecule has 0 saturated carbocycles. The molecule has 0 bridgehead atoms. The first-order valence-corrected chi connectivity index (χ1v) is 6.27. The second-order valence-corrected chi connectivity index (χ2v) is 5.15. The van der Waals surface area contributed by atoms with Gasteiger partial charge in [-0.2, -0.15) is 0 Å². The molecule has 4 atom stereocenters. The van der Waals surface area contributed by atoms with Crippen LogP contribution in [0, 0.1) is 5.82 Å². The van der Waals surface area contributed by atoms with Crippen LogP contribution in [0.2, 0.25) is 0 Å². The number of nitrogen functional groups attached to an aromatic ring is 1. The van der Waals surface area contributed by atoms with Crippen LogP contribution in [0.4, 0.5) is 14.6 Å². The molecule has 0 unspecified atom stereocenters. The summed E-state index contributed by atoms with van der Waals surface area (Å²) in [6.45, 7) is 0.558. The van der Waals surface area contributed by atoms with Gasteiger partial charge in [-0.25, -0.2) is 18.7 Å². The molecule has 2 aromatic rings. The molecule has 1 saturated heterocycles. The van der Waals surface area contributed by atoms with Gasteiger partial charge >= 0.3 is 0 Å². The van der Waals surface area contributed by atoms with Crippen molar-refractivity contribution in [2.45, 2.75) is 31.0 Å². The van der Waals surface area contributed by atoms with E-state index < -0.39 is 36.5 Å². The zero-order valence-electron chi connectivity index (χ0n) is 11.1. The summed E-state index contributed by atoms with van der Waals surface area (Å²) in [5.74, 6) is -0.793. The maximum absolute atomic E-state index is 14.7. The van der Waals surface area contributed by atoms with Gasteiger partial charge in [0.05, 0.1) is 12.0 Å². The molecule has 21 heavy (non-hydrogen) atoms. The van der Waals surface area contributed by atoms with Crippen molar-refractivity contribution in [3.63, 3.8) is 0 Å². The molecule has 3 rings (SSSR count). The number of hydrogen-bond donors (Lipinski definition) is 3. The van der Waals surface area contributed by atoms with Crippen LogP contribution in [0.3, 0.4) is 0 Å². The molecule has 3 heterocycles. The average Bonchev–Trinajstić information content (AvgIpc) is 2.87. The largest absolute Gasteiger partial charge is 0.394 e. The van der Waals surface area contributed by atoms with Gasteiger partial charge in [-0.15, -0.1) is 0 Å². The standard InChI is InChI=1S/C12H14F2N4O3/c1-12(14)8(20)6(3-19)21-11(12)18-2-5(13)7-9(15)16-4-17-10(7)18/h2,4,6,8,11,19-20H,3H2,1H3,(H2,15,16,17)/t6-,8-,11-,12-/m1/s1. The van der Waals surface area contributed by atoms with Gasteiger partial charge in [0.1, 0.15) is 24.4 Å². The van der Waals surface area contributed by atoms with Crippen molar-refractivity contribution >= 4 is 16.9 Å². The number of aliphatic hydroxyl groups is 2. The number of anilines is 1. The lowest BCUT2D eigenvalue weighted by Gasteiger charge is -2.24. The minimum atomic E-state index is -2.23. The molecular weight excluding hydrogens is 286 g/mol. The summed E-state index contributed by atoms with van der Waals surface area (Å²) in [6, 6.07) is 0. The van der Waals surface area contributed by atoms with Crippen LogP contribution in [-0.4, -0.2) is 49.2 Å². The third-order valence-electron chi connectivity index (χ3n) is 3.74. The van der Waals surface area contributed by atoms with E-state index in [1.807, 2.05) is 0 Å². The topological polar surface area (TPSA) is 106 Å². The lowest BCUT2D eigenvalue weighted by Crippen LogP contribution is -2.40. The van der Waals surface area contributed by atoms with Gasteiger partial charge in [0, 0.05) is 6.20 Å². The van der Waals surface area contributed by atoms with E-state index in [0.29, 0.717) is 0 Å². The Kier molecular flexibility index (Phi) is 3.08. The number of aromatic nitrogens is 3. The van der Waals surface area contributed by atoms with Crippen molar-refractivity contribution in [3.8, 4) is 0 Å². The fraction of sp³-hybridized carbons (Fsp3) is 0.500. The van der Waals surface area contributed by atoms with E-state index >= 15 is 0 Å². The summed E-state index contributed by atoms with van der Waals surface area (Å²) >= 11 is 0. The number of rotatable bonds is 2. The predicted molar refractivity (Wildman–Crippen MR) is 68.4 cm³/mol. The molecule has 0 amide bonds. The third kappa shape index (κ3) is 1.88. The molecule has 0 spiro atoms. The number of halogens is 2. The van der Waals surface area contributed by atoms with E-state index in [4.69, 9.17) is 15.6 Å². The number of alkyl halides is 1. The molecule has 114 valence electrons. The quantitative estimate of drug-likeness (QED) is 0.728. The van der Waals surface area contributed by atoms with Crippen molar-refractivity contribution in [1.82, 2.24) is 14.5 Å². The lowest BCUT2D eigenvalue weighted by molar-refractivity contribution is -0.0566. The number of nitrogens with zero attached hydrogens (tertiary/aromatic N) is 3. The van der Waals surface area contributed by atoms with Crippen LogP contribution in [0.1, 0.15) is 13.2 Å². The normalized spacial score (nSPS) is 32.9. The Labute approximate surface area is 118 Å². The number of ether oxygens (including phenoxy) is 1. The number of hydrogen-bond acceptors (Lipinski definition) is 6. The highest BCUT2D eigenvalue weighted by Gasteiger charge is 2.55. The van der Waals surface area contributed by atoms with E-state index in [9.17, 15) is 13.9 Å². The number of aliphatic hydroxyl groups excluding tert-OH is 2. The van der Waals surface area contributed by atoms with Gasteiger partial charge in [0.2, 0.25) is 0 Å². The van der Waals surface area contributed by atoms with Crippen molar-refractivity contribution in [2.24, 2.45) is 0 Å². The Morgan fingerprint density at radius 3 is 2.86 bits per heavy atom. The summed E-state index contributed by atoms with van der Waals surface area (Å²) < 4.78 is 35.1. The first-order valence-electron chi connectivity index (χ1n) is 6.27. The molecule has 0 aliphatic carbocycles. The van der Waals surface area contributed by atoms with Crippen LogP contribution in [0.5, 0.6) is 0 Å². The summed E-state index contributed by atoms with van der Waals surface area (Å²) in [7, 11) is 0. The van der Waals surface area contributed by atoms with Gasteiger partial charge in [-0.1, -0.05) is 0 Å². The molecule has 9 heteroatoms. The second kappa shape index (κ2) is 4.58. The highest BCUT2D eigenvalue weighted by Crippen LogP contribution is 2.43. The highest BCUT2D eigenvalue weighted by atomic mass is 19.1. The van der Waals surface area contributed by atoms with Crippen molar-refractivity contribution in [1.29, 1.82) is 0 Å².